The summed E-state index contributed by atoms with van der Waals surface area (Å²) in [4.78, 5) is 15.5. The number of amides is 1. The Kier molecular flexibility index (Phi) is 3.67. The molecule has 1 amide bonds. The van der Waals surface area contributed by atoms with Crippen LogP contribution in [0.3, 0.4) is 0 Å². The van der Waals surface area contributed by atoms with Crippen LogP contribution >= 0.6 is 0 Å². The fourth-order valence-electron chi connectivity index (χ4n) is 0.823. The fraction of sp³-hybridized carbons (Fsp3) is 0.200. The highest BCUT2D eigenvalue weighted by Crippen LogP contribution is 2.00. The van der Waals surface area contributed by atoms with E-state index in [1.807, 2.05) is 30.3 Å². The molecule has 1 aromatic carbocycles. The molecule has 0 saturated heterocycles. The van der Waals surface area contributed by atoms with Gasteiger partial charge >= 0.3 is 0 Å². The molecule has 1 aromatic rings. The molecule has 4 heteroatoms. The minimum Gasteiger partial charge on any atom is -0.391 e. The van der Waals surface area contributed by atoms with Gasteiger partial charge in [0.1, 0.15) is 12.3 Å². The molecule has 0 bridgehead atoms. The van der Waals surface area contributed by atoms with Gasteiger partial charge in [-0.1, -0.05) is 35.5 Å². The predicted octanol–water partition coefficient (Wildman–Crippen LogP) is 1.06. The predicted molar refractivity (Wildman–Crippen MR) is 53.5 cm³/mol. The minimum atomic E-state index is -0.571. The van der Waals surface area contributed by atoms with Gasteiger partial charge in [-0.05, 0) is 12.5 Å². The molecular formula is C10H12N2O2. The average molecular weight is 192 g/mol. The van der Waals surface area contributed by atoms with E-state index in [4.69, 9.17) is 10.6 Å². The number of rotatable bonds is 4. The Morgan fingerprint density at radius 1 is 1.43 bits per heavy atom. The van der Waals surface area contributed by atoms with E-state index in [0.717, 1.165) is 5.56 Å². The van der Waals surface area contributed by atoms with Crippen LogP contribution in [0.15, 0.2) is 35.5 Å². The molecular weight excluding hydrogens is 180 g/mol. The summed E-state index contributed by atoms with van der Waals surface area (Å²) < 4.78 is 0. The standard InChI is InChI=1S/C10H12N2O2/c1-8(10(11)13)12-14-7-9-5-3-2-4-6-9/h2-6H,7H2,1H3,(H2,11,13). The largest absolute Gasteiger partial charge is 0.391 e. The third-order valence-corrected chi connectivity index (χ3v) is 1.63. The first kappa shape index (κ1) is 10.2. The van der Waals surface area contributed by atoms with Gasteiger partial charge in [0.15, 0.2) is 0 Å². The van der Waals surface area contributed by atoms with E-state index in [1.165, 1.54) is 6.92 Å². The Balaban J connectivity index is 2.43. The summed E-state index contributed by atoms with van der Waals surface area (Å²) in [5.74, 6) is -0.571. The Labute approximate surface area is 82.4 Å². The monoisotopic (exact) mass is 192 g/mol. The van der Waals surface area contributed by atoms with Crippen LogP contribution in [0.4, 0.5) is 0 Å². The van der Waals surface area contributed by atoms with Gasteiger partial charge < -0.3 is 10.6 Å². The van der Waals surface area contributed by atoms with Crippen molar-refractivity contribution in [1.29, 1.82) is 0 Å². The maximum Gasteiger partial charge on any atom is 0.266 e. The summed E-state index contributed by atoms with van der Waals surface area (Å²) in [5, 5.41) is 3.56. The Bertz CT molecular complexity index is 333. The van der Waals surface area contributed by atoms with Gasteiger partial charge in [0.2, 0.25) is 0 Å². The maximum absolute atomic E-state index is 10.6. The zero-order valence-electron chi connectivity index (χ0n) is 7.93. The molecule has 14 heavy (non-hydrogen) atoms. The Morgan fingerprint density at radius 3 is 2.64 bits per heavy atom. The van der Waals surface area contributed by atoms with Gasteiger partial charge in [-0.3, -0.25) is 4.79 Å². The van der Waals surface area contributed by atoms with E-state index in [9.17, 15) is 4.79 Å². The van der Waals surface area contributed by atoms with E-state index >= 15 is 0 Å². The smallest absolute Gasteiger partial charge is 0.266 e. The quantitative estimate of drug-likeness (QED) is 0.572. The van der Waals surface area contributed by atoms with Crippen molar-refractivity contribution in [2.45, 2.75) is 13.5 Å². The molecule has 0 saturated carbocycles. The second-order valence-electron chi connectivity index (χ2n) is 2.80. The van der Waals surface area contributed by atoms with Crippen LogP contribution in [0.2, 0.25) is 0 Å². The molecule has 0 aromatic heterocycles. The van der Waals surface area contributed by atoms with Crippen molar-refractivity contribution < 1.29 is 9.63 Å². The first-order valence-electron chi connectivity index (χ1n) is 4.20. The summed E-state index contributed by atoms with van der Waals surface area (Å²) >= 11 is 0. The highest BCUT2D eigenvalue weighted by Gasteiger charge is 1.98. The van der Waals surface area contributed by atoms with Crippen LogP contribution in [0, 0.1) is 0 Å². The zero-order valence-corrected chi connectivity index (χ0v) is 7.93. The molecule has 0 aliphatic carbocycles. The van der Waals surface area contributed by atoms with E-state index in [-0.39, 0.29) is 5.71 Å². The molecule has 0 aliphatic heterocycles. The van der Waals surface area contributed by atoms with Gasteiger partial charge in [-0.2, -0.15) is 0 Å². The van der Waals surface area contributed by atoms with Gasteiger partial charge in [-0.15, -0.1) is 0 Å². The molecule has 74 valence electrons. The van der Waals surface area contributed by atoms with Crippen molar-refractivity contribution in [1.82, 2.24) is 0 Å². The zero-order chi connectivity index (χ0) is 10.4. The first-order valence-corrected chi connectivity index (χ1v) is 4.20. The number of hydrogen-bond donors (Lipinski definition) is 1. The molecule has 2 N–H and O–H groups in total. The number of hydrogen-bond acceptors (Lipinski definition) is 3. The summed E-state index contributed by atoms with van der Waals surface area (Å²) in [6.45, 7) is 1.85. The maximum atomic E-state index is 10.6. The molecule has 0 spiro atoms. The molecule has 0 radical (unpaired) electrons. The average Bonchev–Trinajstić information content (AvgIpc) is 2.19. The Morgan fingerprint density at radius 2 is 2.07 bits per heavy atom. The van der Waals surface area contributed by atoms with Crippen molar-refractivity contribution in [3.05, 3.63) is 35.9 Å². The van der Waals surface area contributed by atoms with Crippen molar-refractivity contribution >= 4 is 11.6 Å². The number of benzene rings is 1. The fourth-order valence-corrected chi connectivity index (χ4v) is 0.823. The van der Waals surface area contributed by atoms with Crippen molar-refractivity contribution in [3.8, 4) is 0 Å². The normalized spacial score (nSPS) is 11.1. The van der Waals surface area contributed by atoms with Gasteiger partial charge in [0, 0.05) is 0 Å². The van der Waals surface area contributed by atoms with Crippen LogP contribution in [0.25, 0.3) is 0 Å². The molecule has 4 nitrogen and oxygen atoms in total. The summed E-state index contributed by atoms with van der Waals surface area (Å²) in [6, 6.07) is 9.55. The van der Waals surface area contributed by atoms with E-state index in [0.29, 0.717) is 6.61 Å². The number of carbonyl (C=O) groups excluding carboxylic acids is 1. The third kappa shape index (κ3) is 3.26. The summed E-state index contributed by atoms with van der Waals surface area (Å²) in [5.41, 5.74) is 6.13. The SMILES string of the molecule is CC(=NOCc1ccccc1)C(N)=O. The van der Waals surface area contributed by atoms with E-state index in [2.05, 4.69) is 5.16 Å². The second kappa shape index (κ2) is 5.01. The lowest BCUT2D eigenvalue weighted by atomic mass is 10.2. The summed E-state index contributed by atoms with van der Waals surface area (Å²) in [7, 11) is 0. The third-order valence-electron chi connectivity index (χ3n) is 1.63. The number of nitrogens with two attached hydrogens (primary N) is 1. The van der Waals surface area contributed by atoms with Crippen molar-refractivity contribution in [3.63, 3.8) is 0 Å². The highest BCUT2D eigenvalue weighted by molar-refractivity contribution is 6.37. The van der Waals surface area contributed by atoms with Gasteiger partial charge in [0.05, 0.1) is 0 Å². The number of primary amides is 1. The molecule has 0 aliphatic rings. The highest BCUT2D eigenvalue weighted by atomic mass is 16.6. The lowest BCUT2D eigenvalue weighted by Gasteiger charge is -1.99. The van der Waals surface area contributed by atoms with Gasteiger partial charge in [-0.25, -0.2) is 0 Å². The molecule has 0 heterocycles. The lowest BCUT2D eigenvalue weighted by Crippen LogP contribution is -2.20. The molecule has 0 unspecified atom stereocenters. The number of carbonyl (C=O) groups is 1. The van der Waals surface area contributed by atoms with Crippen LogP contribution in [0.5, 0.6) is 0 Å². The van der Waals surface area contributed by atoms with Crippen LogP contribution in [0.1, 0.15) is 12.5 Å². The van der Waals surface area contributed by atoms with Crippen LogP contribution in [-0.4, -0.2) is 11.6 Å². The van der Waals surface area contributed by atoms with E-state index in [1.54, 1.807) is 0 Å². The van der Waals surface area contributed by atoms with Crippen LogP contribution in [-0.2, 0) is 16.2 Å². The van der Waals surface area contributed by atoms with Crippen molar-refractivity contribution in [2.75, 3.05) is 0 Å². The molecule has 0 fully saturated rings. The number of oxime groups is 1. The van der Waals surface area contributed by atoms with E-state index < -0.39 is 5.91 Å². The lowest BCUT2D eigenvalue weighted by molar-refractivity contribution is -0.112. The number of nitrogens with zero attached hydrogens (tertiary/aromatic N) is 1. The van der Waals surface area contributed by atoms with Gasteiger partial charge in [0.25, 0.3) is 5.91 Å². The van der Waals surface area contributed by atoms with Crippen molar-refractivity contribution in [2.24, 2.45) is 10.9 Å². The molecule has 0 atom stereocenters. The minimum absolute atomic E-state index is 0.168. The Hall–Kier alpha value is -1.84. The first-order chi connectivity index (χ1) is 6.70. The van der Waals surface area contributed by atoms with Crippen LogP contribution < -0.4 is 5.73 Å². The second-order valence-corrected chi connectivity index (χ2v) is 2.80. The topological polar surface area (TPSA) is 64.7 Å². The molecule has 1 rings (SSSR count). The summed E-state index contributed by atoms with van der Waals surface area (Å²) in [6.07, 6.45) is 0.